The molecular formula is C17H13N2O3S2-. The van der Waals surface area contributed by atoms with E-state index in [2.05, 4.69) is 6.58 Å². The van der Waals surface area contributed by atoms with E-state index in [0.29, 0.717) is 33.0 Å². The van der Waals surface area contributed by atoms with Gasteiger partial charge in [0.2, 0.25) is 0 Å². The SMILES string of the molecule is C=CCN1C(=O)/C(=C\c2ccc(-c3cccc(N[O-])c3)o2)SC1=S. The van der Waals surface area contributed by atoms with Gasteiger partial charge in [-0.15, -0.1) is 6.58 Å². The van der Waals surface area contributed by atoms with Crippen molar-refractivity contribution in [1.29, 1.82) is 0 Å². The Hall–Kier alpha value is -2.35. The van der Waals surface area contributed by atoms with Crippen LogP contribution in [0.3, 0.4) is 0 Å². The predicted octanol–water partition coefficient (Wildman–Crippen LogP) is 4.24. The van der Waals surface area contributed by atoms with Crippen LogP contribution in [0.2, 0.25) is 0 Å². The summed E-state index contributed by atoms with van der Waals surface area (Å²) in [5, 5.41) is 10.7. The van der Waals surface area contributed by atoms with E-state index >= 15 is 0 Å². The standard InChI is InChI=1S/C17H13N2O3S2/c1-2-8-19-16(20)15(24-17(19)23)10-13-6-7-14(22-13)11-4-3-5-12(9-11)18-21/h2-7,9-10,18H,1,8H2/q-1/b15-10+. The third-order valence-corrected chi connectivity index (χ3v) is 4.73. The molecule has 7 heteroatoms. The van der Waals surface area contributed by atoms with E-state index in [0.717, 1.165) is 5.56 Å². The van der Waals surface area contributed by atoms with Crippen LogP contribution in [-0.2, 0) is 4.79 Å². The van der Waals surface area contributed by atoms with Crippen molar-refractivity contribution in [3.63, 3.8) is 0 Å². The van der Waals surface area contributed by atoms with Gasteiger partial charge < -0.3 is 15.1 Å². The number of hydrogen-bond donors (Lipinski definition) is 1. The number of carbonyl (C=O) groups excluding carboxylic acids is 1. The Kier molecular flexibility index (Phi) is 4.84. The minimum Gasteiger partial charge on any atom is -0.761 e. The molecule has 2 aromatic rings. The summed E-state index contributed by atoms with van der Waals surface area (Å²) >= 11 is 6.44. The van der Waals surface area contributed by atoms with Crippen molar-refractivity contribution < 1.29 is 9.21 Å². The zero-order valence-electron chi connectivity index (χ0n) is 12.5. The van der Waals surface area contributed by atoms with Crippen molar-refractivity contribution in [3.05, 3.63) is 64.9 Å². The molecule has 0 radical (unpaired) electrons. The van der Waals surface area contributed by atoms with Gasteiger partial charge in [0.1, 0.15) is 15.8 Å². The fraction of sp³-hybridized carbons (Fsp3) is 0.0588. The summed E-state index contributed by atoms with van der Waals surface area (Å²) in [6.45, 7) is 4.01. The van der Waals surface area contributed by atoms with Gasteiger partial charge in [0.25, 0.3) is 5.91 Å². The van der Waals surface area contributed by atoms with E-state index in [9.17, 15) is 10.0 Å². The monoisotopic (exact) mass is 357 g/mol. The molecule has 1 aromatic heterocycles. The van der Waals surface area contributed by atoms with Crippen molar-refractivity contribution in [2.24, 2.45) is 0 Å². The highest BCUT2D eigenvalue weighted by Gasteiger charge is 2.31. The lowest BCUT2D eigenvalue weighted by Crippen LogP contribution is -2.27. The maximum Gasteiger partial charge on any atom is 0.266 e. The molecule has 1 amide bonds. The minimum atomic E-state index is -0.152. The van der Waals surface area contributed by atoms with Gasteiger partial charge >= 0.3 is 0 Å². The summed E-state index contributed by atoms with van der Waals surface area (Å²) in [5.74, 6) is 1.00. The molecule has 0 unspecified atom stereocenters. The third-order valence-electron chi connectivity index (χ3n) is 3.35. The first-order valence-electron chi connectivity index (χ1n) is 7.07. The molecule has 3 rings (SSSR count). The van der Waals surface area contributed by atoms with Crippen LogP contribution < -0.4 is 5.48 Å². The Morgan fingerprint density at radius 2 is 2.21 bits per heavy atom. The van der Waals surface area contributed by atoms with Gasteiger partial charge in [-0.3, -0.25) is 9.69 Å². The smallest absolute Gasteiger partial charge is 0.266 e. The second kappa shape index (κ2) is 7.04. The van der Waals surface area contributed by atoms with E-state index in [1.165, 1.54) is 16.7 Å². The first kappa shape index (κ1) is 16.5. The zero-order chi connectivity index (χ0) is 17.1. The summed E-state index contributed by atoms with van der Waals surface area (Å²) < 4.78 is 6.26. The molecule has 1 aliphatic heterocycles. The highest BCUT2D eigenvalue weighted by atomic mass is 32.2. The number of nitrogens with zero attached hydrogens (tertiary/aromatic N) is 1. The maximum atomic E-state index is 12.3. The lowest BCUT2D eigenvalue weighted by atomic mass is 10.1. The molecule has 0 aliphatic carbocycles. The summed E-state index contributed by atoms with van der Waals surface area (Å²) in [5.41, 5.74) is 3.08. The van der Waals surface area contributed by atoms with Gasteiger partial charge in [-0.25, -0.2) is 0 Å². The van der Waals surface area contributed by atoms with Crippen LogP contribution >= 0.6 is 24.0 Å². The number of furan rings is 1. The van der Waals surface area contributed by atoms with Gasteiger partial charge in [0.05, 0.1) is 4.91 Å². The Morgan fingerprint density at radius 1 is 1.38 bits per heavy atom. The van der Waals surface area contributed by atoms with Crippen LogP contribution in [0.1, 0.15) is 5.76 Å². The quantitative estimate of drug-likeness (QED) is 0.373. The van der Waals surface area contributed by atoms with Gasteiger partial charge in [-0.1, -0.05) is 42.2 Å². The van der Waals surface area contributed by atoms with Crippen molar-refractivity contribution in [3.8, 4) is 11.3 Å². The number of amides is 1. The molecule has 0 saturated carbocycles. The lowest BCUT2D eigenvalue weighted by molar-refractivity contribution is -0.121. The van der Waals surface area contributed by atoms with Crippen molar-refractivity contribution in [2.75, 3.05) is 12.0 Å². The first-order valence-corrected chi connectivity index (χ1v) is 8.29. The fourth-order valence-corrected chi connectivity index (χ4v) is 3.49. The molecule has 2 heterocycles. The van der Waals surface area contributed by atoms with E-state index in [1.54, 1.807) is 42.5 Å². The van der Waals surface area contributed by atoms with Crippen LogP contribution in [0.5, 0.6) is 0 Å². The molecule has 0 spiro atoms. The zero-order valence-corrected chi connectivity index (χ0v) is 14.2. The molecule has 1 N–H and O–H groups in total. The Bertz CT molecular complexity index is 842. The average Bonchev–Trinajstić information content (AvgIpc) is 3.16. The van der Waals surface area contributed by atoms with E-state index in [4.69, 9.17) is 16.6 Å². The fourth-order valence-electron chi connectivity index (χ4n) is 2.24. The van der Waals surface area contributed by atoms with Gasteiger partial charge in [-0.2, -0.15) is 0 Å². The molecule has 1 aliphatic rings. The van der Waals surface area contributed by atoms with E-state index < -0.39 is 0 Å². The van der Waals surface area contributed by atoms with Crippen LogP contribution in [-0.4, -0.2) is 21.7 Å². The largest absolute Gasteiger partial charge is 0.761 e. The van der Waals surface area contributed by atoms with E-state index in [1.807, 2.05) is 11.5 Å². The number of anilines is 1. The molecule has 1 saturated heterocycles. The molecule has 0 atom stereocenters. The molecule has 122 valence electrons. The van der Waals surface area contributed by atoms with Crippen LogP contribution in [0.15, 0.2) is 58.4 Å². The molecule has 1 aromatic carbocycles. The number of nitrogens with one attached hydrogen (secondary N) is 1. The normalized spacial score (nSPS) is 16.0. The maximum absolute atomic E-state index is 12.3. The summed E-state index contributed by atoms with van der Waals surface area (Å²) in [6, 6.07) is 10.5. The second-order valence-electron chi connectivity index (χ2n) is 4.97. The number of thioether (sulfide) groups is 1. The minimum absolute atomic E-state index is 0.152. The molecule has 5 nitrogen and oxygen atoms in total. The number of hydrogen-bond acceptors (Lipinski definition) is 6. The summed E-state index contributed by atoms with van der Waals surface area (Å²) in [4.78, 5) is 14.3. The Morgan fingerprint density at radius 3 is 2.96 bits per heavy atom. The topological polar surface area (TPSA) is 68.5 Å². The third kappa shape index (κ3) is 3.28. The lowest BCUT2D eigenvalue weighted by Gasteiger charge is -2.10. The van der Waals surface area contributed by atoms with Crippen LogP contribution in [0, 0.1) is 5.21 Å². The van der Waals surface area contributed by atoms with Gasteiger partial charge in [0, 0.05) is 23.9 Å². The Labute approximate surface area is 148 Å². The number of benzene rings is 1. The number of rotatable bonds is 5. The Balaban J connectivity index is 1.85. The van der Waals surface area contributed by atoms with Gasteiger partial charge in [-0.05, 0) is 24.3 Å². The molecular weight excluding hydrogens is 344 g/mol. The predicted molar refractivity (Wildman–Crippen MR) is 101 cm³/mol. The number of carbonyl (C=O) groups is 1. The van der Waals surface area contributed by atoms with Gasteiger partial charge in [0.15, 0.2) is 0 Å². The van der Waals surface area contributed by atoms with Crippen LogP contribution in [0.4, 0.5) is 5.69 Å². The second-order valence-corrected chi connectivity index (χ2v) is 6.64. The van der Waals surface area contributed by atoms with Crippen molar-refractivity contribution in [1.82, 2.24) is 4.90 Å². The number of thiocarbonyl (C=S) groups is 1. The van der Waals surface area contributed by atoms with E-state index in [-0.39, 0.29) is 5.91 Å². The van der Waals surface area contributed by atoms with Crippen molar-refractivity contribution in [2.45, 2.75) is 0 Å². The summed E-state index contributed by atoms with van der Waals surface area (Å²) in [6.07, 6.45) is 3.30. The van der Waals surface area contributed by atoms with Crippen molar-refractivity contribution >= 4 is 46.0 Å². The molecule has 1 fully saturated rings. The van der Waals surface area contributed by atoms with Crippen LogP contribution in [0.25, 0.3) is 17.4 Å². The highest BCUT2D eigenvalue weighted by molar-refractivity contribution is 8.26. The highest BCUT2D eigenvalue weighted by Crippen LogP contribution is 2.33. The first-order chi connectivity index (χ1) is 11.6. The average molecular weight is 357 g/mol. The summed E-state index contributed by atoms with van der Waals surface area (Å²) in [7, 11) is 0. The molecule has 24 heavy (non-hydrogen) atoms. The molecule has 0 bridgehead atoms.